The number of anilines is 1. The number of hydrogen-bond donors (Lipinski definition) is 2. The van der Waals surface area contributed by atoms with Gasteiger partial charge in [0.05, 0.1) is 12.3 Å². The lowest BCUT2D eigenvalue weighted by Crippen LogP contribution is -2.25. The van der Waals surface area contributed by atoms with Crippen molar-refractivity contribution in [2.45, 2.75) is 11.8 Å². The number of amides is 1. The number of hydrogen-bond acceptors (Lipinski definition) is 5. The van der Waals surface area contributed by atoms with Crippen LogP contribution in [0.4, 0.5) is 10.1 Å². The molecule has 0 saturated heterocycles. The van der Waals surface area contributed by atoms with Gasteiger partial charge in [0.2, 0.25) is 0 Å². The van der Waals surface area contributed by atoms with Gasteiger partial charge < -0.3 is 10.1 Å². The lowest BCUT2D eigenvalue weighted by atomic mass is 10.3. The Kier molecular flexibility index (Phi) is 4.92. The molecule has 0 saturated carbocycles. The van der Waals surface area contributed by atoms with E-state index in [0.717, 1.165) is 24.1 Å². The predicted octanol–water partition coefficient (Wildman–Crippen LogP) is 1.29. The monoisotopic (exact) mass is 258 g/mol. The lowest BCUT2D eigenvalue weighted by Gasteiger charge is -2.08. The van der Waals surface area contributed by atoms with Gasteiger partial charge in [-0.3, -0.25) is 9.93 Å². The van der Waals surface area contributed by atoms with E-state index in [1.807, 2.05) is 0 Å². The molecule has 0 heterocycles. The third-order valence-electron chi connectivity index (χ3n) is 1.78. The molecule has 0 atom stereocenters. The summed E-state index contributed by atoms with van der Waals surface area (Å²) in [6, 6.07) is 3.63. The first-order valence-corrected chi connectivity index (χ1v) is 5.60. The Balaban J connectivity index is 2.81. The molecule has 1 aromatic rings. The Labute approximate surface area is 102 Å². The van der Waals surface area contributed by atoms with Gasteiger partial charge in [-0.2, -0.15) is 0 Å². The van der Waals surface area contributed by atoms with Crippen molar-refractivity contribution in [2.24, 2.45) is 5.14 Å². The van der Waals surface area contributed by atoms with Crippen molar-refractivity contribution in [3.05, 3.63) is 24.0 Å². The summed E-state index contributed by atoms with van der Waals surface area (Å²) < 4.78 is 17.4. The van der Waals surface area contributed by atoms with Crippen LogP contribution < -0.4 is 10.5 Å². The quantitative estimate of drug-likeness (QED) is 0.485. The van der Waals surface area contributed by atoms with E-state index in [1.165, 1.54) is 6.07 Å². The first-order chi connectivity index (χ1) is 8.08. The molecule has 1 amide bonds. The maximum atomic E-state index is 12.9. The highest BCUT2D eigenvalue weighted by Gasteiger charge is 2.16. The van der Waals surface area contributed by atoms with E-state index in [9.17, 15) is 14.0 Å². The van der Waals surface area contributed by atoms with Crippen molar-refractivity contribution in [3.63, 3.8) is 0 Å². The molecule has 3 N–H and O–H groups in total. The molecular formula is C10H11FN2O3S. The first-order valence-electron chi connectivity index (χ1n) is 4.72. The molecule has 0 unspecified atom stereocenters. The minimum atomic E-state index is -0.996. The van der Waals surface area contributed by atoms with Crippen LogP contribution in [0.25, 0.3) is 0 Å². The van der Waals surface area contributed by atoms with Crippen LogP contribution in [-0.4, -0.2) is 18.5 Å². The summed E-state index contributed by atoms with van der Waals surface area (Å²) in [6.45, 7) is 1.69. The number of carbonyl (C=O) groups excluding carboxylic acids is 2. The third kappa shape index (κ3) is 3.72. The van der Waals surface area contributed by atoms with Crippen LogP contribution in [-0.2, 0) is 14.3 Å². The Bertz CT molecular complexity index is 440. The fourth-order valence-electron chi connectivity index (χ4n) is 1.07. The van der Waals surface area contributed by atoms with E-state index < -0.39 is 17.7 Å². The van der Waals surface area contributed by atoms with E-state index >= 15 is 0 Å². The van der Waals surface area contributed by atoms with Gasteiger partial charge in [-0.25, -0.2) is 9.18 Å². The number of halogens is 1. The number of carbonyl (C=O) groups is 2. The summed E-state index contributed by atoms with van der Waals surface area (Å²) in [6.07, 6.45) is 0. The Morgan fingerprint density at radius 1 is 1.53 bits per heavy atom. The standard InChI is InChI=1S/C10H11FN2O3S/c1-2-16-10(15)9(14)13-7-4-3-6(11)5-8(7)17-12/h3-5H,2,12H2,1H3,(H,13,14). The van der Waals surface area contributed by atoms with Crippen LogP contribution in [0.5, 0.6) is 0 Å². The summed E-state index contributed by atoms with van der Waals surface area (Å²) in [7, 11) is 0. The van der Waals surface area contributed by atoms with Crippen molar-refractivity contribution >= 4 is 29.5 Å². The highest BCUT2D eigenvalue weighted by molar-refractivity contribution is 7.97. The van der Waals surface area contributed by atoms with Crippen molar-refractivity contribution in [1.82, 2.24) is 0 Å². The van der Waals surface area contributed by atoms with Gasteiger partial charge in [0, 0.05) is 4.90 Å². The van der Waals surface area contributed by atoms with E-state index in [0.29, 0.717) is 4.90 Å². The molecule has 0 aromatic heterocycles. The lowest BCUT2D eigenvalue weighted by molar-refractivity contribution is -0.152. The molecule has 0 spiro atoms. The van der Waals surface area contributed by atoms with Crippen molar-refractivity contribution in [2.75, 3.05) is 11.9 Å². The Hall–Kier alpha value is -1.60. The highest BCUT2D eigenvalue weighted by Crippen LogP contribution is 2.24. The van der Waals surface area contributed by atoms with Crippen LogP contribution in [0, 0.1) is 5.82 Å². The van der Waals surface area contributed by atoms with Gasteiger partial charge in [-0.1, -0.05) is 0 Å². The van der Waals surface area contributed by atoms with Crippen LogP contribution >= 0.6 is 11.9 Å². The largest absolute Gasteiger partial charge is 0.459 e. The number of esters is 1. The van der Waals surface area contributed by atoms with E-state index in [4.69, 9.17) is 5.14 Å². The van der Waals surface area contributed by atoms with Gasteiger partial charge in [0.25, 0.3) is 0 Å². The van der Waals surface area contributed by atoms with Gasteiger partial charge in [-0.05, 0) is 37.1 Å². The second kappa shape index (κ2) is 6.21. The van der Waals surface area contributed by atoms with Gasteiger partial charge in [0.1, 0.15) is 5.82 Å². The fourth-order valence-corrected chi connectivity index (χ4v) is 1.49. The zero-order valence-corrected chi connectivity index (χ0v) is 9.84. The second-order valence-electron chi connectivity index (χ2n) is 2.93. The predicted molar refractivity (Wildman–Crippen MR) is 61.7 cm³/mol. The summed E-state index contributed by atoms with van der Waals surface area (Å²) in [5, 5.41) is 7.60. The maximum absolute atomic E-state index is 12.9. The average molecular weight is 258 g/mol. The van der Waals surface area contributed by atoms with E-state index in [2.05, 4.69) is 10.1 Å². The maximum Gasteiger partial charge on any atom is 0.397 e. The van der Waals surface area contributed by atoms with Crippen LogP contribution in [0.2, 0.25) is 0 Å². The number of benzene rings is 1. The van der Waals surface area contributed by atoms with Gasteiger partial charge in [0.15, 0.2) is 0 Å². The molecule has 5 nitrogen and oxygen atoms in total. The zero-order valence-electron chi connectivity index (χ0n) is 9.03. The van der Waals surface area contributed by atoms with Crippen LogP contribution in [0.1, 0.15) is 6.92 Å². The molecule has 0 radical (unpaired) electrons. The number of rotatable bonds is 3. The zero-order chi connectivity index (χ0) is 12.8. The summed E-state index contributed by atoms with van der Waals surface area (Å²) in [4.78, 5) is 22.7. The normalized spacial score (nSPS) is 9.82. The highest BCUT2D eigenvalue weighted by atomic mass is 32.2. The molecule has 0 fully saturated rings. The number of ether oxygens (including phenoxy) is 1. The molecule has 1 aromatic carbocycles. The molecule has 92 valence electrons. The Morgan fingerprint density at radius 3 is 2.82 bits per heavy atom. The number of nitrogens with two attached hydrogens (primary N) is 1. The van der Waals surface area contributed by atoms with Gasteiger partial charge in [-0.15, -0.1) is 0 Å². The summed E-state index contributed by atoms with van der Waals surface area (Å²) >= 11 is 0.770. The fraction of sp³-hybridized carbons (Fsp3) is 0.200. The minimum Gasteiger partial charge on any atom is -0.459 e. The number of nitrogens with one attached hydrogen (secondary N) is 1. The van der Waals surface area contributed by atoms with Crippen LogP contribution in [0.3, 0.4) is 0 Å². The van der Waals surface area contributed by atoms with Crippen LogP contribution in [0.15, 0.2) is 23.1 Å². The average Bonchev–Trinajstić information content (AvgIpc) is 2.31. The molecule has 0 aliphatic heterocycles. The SMILES string of the molecule is CCOC(=O)C(=O)Nc1ccc(F)cc1SN. The molecule has 1 rings (SSSR count). The summed E-state index contributed by atoms with van der Waals surface area (Å²) in [5.74, 6) is -2.40. The smallest absolute Gasteiger partial charge is 0.397 e. The molecule has 0 aliphatic rings. The molecular weight excluding hydrogens is 247 g/mol. The van der Waals surface area contributed by atoms with E-state index in [1.54, 1.807) is 6.92 Å². The summed E-state index contributed by atoms with van der Waals surface area (Å²) in [5.41, 5.74) is 0.261. The first kappa shape index (κ1) is 13.5. The third-order valence-corrected chi connectivity index (χ3v) is 2.37. The topological polar surface area (TPSA) is 81.4 Å². The molecule has 17 heavy (non-hydrogen) atoms. The molecule has 0 bridgehead atoms. The second-order valence-corrected chi connectivity index (χ2v) is 3.61. The Morgan fingerprint density at radius 2 is 2.24 bits per heavy atom. The van der Waals surface area contributed by atoms with Crippen molar-refractivity contribution in [3.8, 4) is 0 Å². The van der Waals surface area contributed by atoms with E-state index in [-0.39, 0.29) is 12.3 Å². The molecule has 0 aliphatic carbocycles. The molecule has 7 heteroatoms. The van der Waals surface area contributed by atoms with Crippen molar-refractivity contribution in [1.29, 1.82) is 0 Å². The minimum absolute atomic E-state index is 0.105. The van der Waals surface area contributed by atoms with Crippen molar-refractivity contribution < 1.29 is 18.7 Å². The van der Waals surface area contributed by atoms with Gasteiger partial charge >= 0.3 is 11.9 Å².